The molecule has 1 saturated heterocycles. The summed E-state index contributed by atoms with van der Waals surface area (Å²) >= 11 is 1.20. The first kappa shape index (κ1) is 28.2. The van der Waals surface area contributed by atoms with Crippen LogP contribution in [0.4, 0.5) is 5.69 Å². The number of benzene rings is 3. The van der Waals surface area contributed by atoms with Gasteiger partial charge in [0.25, 0.3) is 5.91 Å². The summed E-state index contributed by atoms with van der Waals surface area (Å²) in [5, 5.41) is 19.1. The molecule has 40 heavy (non-hydrogen) atoms. The highest BCUT2D eigenvalue weighted by Crippen LogP contribution is 2.38. The Morgan fingerprint density at radius 2 is 1.95 bits per heavy atom. The van der Waals surface area contributed by atoms with Gasteiger partial charge in [0.15, 0.2) is 16.7 Å². The number of carboxylic acid groups (broad SMARTS) is 1. The van der Waals surface area contributed by atoms with Gasteiger partial charge in [0.1, 0.15) is 6.61 Å². The van der Waals surface area contributed by atoms with Crippen molar-refractivity contribution < 1.29 is 24.2 Å². The van der Waals surface area contributed by atoms with Crippen molar-refractivity contribution in [3.05, 3.63) is 106 Å². The van der Waals surface area contributed by atoms with Crippen LogP contribution >= 0.6 is 11.8 Å². The van der Waals surface area contributed by atoms with E-state index in [-0.39, 0.29) is 18.1 Å². The van der Waals surface area contributed by atoms with Crippen LogP contribution in [0.25, 0.3) is 6.08 Å². The maximum atomic E-state index is 13.1. The van der Waals surface area contributed by atoms with E-state index in [4.69, 9.17) is 9.47 Å². The van der Waals surface area contributed by atoms with Crippen LogP contribution in [0.3, 0.4) is 0 Å². The highest BCUT2D eigenvalue weighted by Gasteiger charge is 2.30. The number of allylic oxidation sites excluding steroid dienone is 1. The number of likely N-dealkylation sites (N-methyl/N-ethyl adjacent to an activating group) is 1. The summed E-state index contributed by atoms with van der Waals surface area (Å²) in [4.78, 5) is 30.8. The maximum absolute atomic E-state index is 13.1. The SMILES string of the molecule is C=CCc1cc(/C=C2\SC(=Nc3cccc(C(=O)O)c3)N(C)C2=O)cc(OCC)c1OCc1ccccc1C#N. The monoisotopic (exact) mass is 553 g/mol. The van der Waals surface area contributed by atoms with Gasteiger partial charge in [-0.05, 0) is 73.1 Å². The fourth-order valence-corrected chi connectivity index (χ4v) is 5.01. The van der Waals surface area contributed by atoms with Crippen molar-refractivity contribution in [1.82, 2.24) is 4.90 Å². The van der Waals surface area contributed by atoms with Crippen molar-refractivity contribution in [2.45, 2.75) is 20.0 Å². The Hall–Kier alpha value is -4.81. The molecule has 1 N–H and O–H groups in total. The number of aliphatic imine (C=N–C) groups is 1. The zero-order chi connectivity index (χ0) is 28.6. The van der Waals surface area contributed by atoms with Gasteiger partial charge in [-0.2, -0.15) is 5.26 Å². The Labute approximate surface area is 236 Å². The van der Waals surface area contributed by atoms with Crippen LogP contribution in [0.2, 0.25) is 0 Å². The van der Waals surface area contributed by atoms with E-state index in [1.54, 1.807) is 37.4 Å². The molecule has 202 valence electrons. The fourth-order valence-electron chi connectivity index (χ4n) is 4.03. The van der Waals surface area contributed by atoms with Crippen LogP contribution in [0, 0.1) is 11.3 Å². The van der Waals surface area contributed by atoms with E-state index in [2.05, 4.69) is 17.6 Å². The third-order valence-electron chi connectivity index (χ3n) is 5.95. The van der Waals surface area contributed by atoms with E-state index in [1.165, 1.54) is 28.8 Å². The standard InChI is InChI=1S/C31H27N3O5S/c1-4-9-21-14-20(15-26(38-5-2)28(21)39-19-24-11-7-6-10-23(24)18-32)16-27-29(35)34(3)31(40-27)33-25-13-8-12-22(17-25)30(36)37/h4,6-8,10-17H,1,5,9,19H2,2-3H3,(H,36,37)/b27-16-,33-31?. The summed E-state index contributed by atoms with van der Waals surface area (Å²) in [6.45, 7) is 6.34. The van der Waals surface area contributed by atoms with E-state index in [9.17, 15) is 20.0 Å². The number of aromatic carboxylic acids is 1. The molecular weight excluding hydrogens is 526 g/mol. The lowest BCUT2D eigenvalue weighted by Crippen LogP contribution is -2.23. The van der Waals surface area contributed by atoms with Gasteiger partial charge in [0.2, 0.25) is 0 Å². The Morgan fingerprint density at radius 1 is 1.15 bits per heavy atom. The largest absolute Gasteiger partial charge is 0.490 e. The molecule has 8 nitrogen and oxygen atoms in total. The molecule has 0 unspecified atom stereocenters. The highest BCUT2D eigenvalue weighted by atomic mass is 32.2. The molecule has 0 saturated carbocycles. The van der Waals surface area contributed by atoms with Crippen molar-refractivity contribution in [1.29, 1.82) is 5.26 Å². The molecule has 0 atom stereocenters. The summed E-state index contributed by atoms with van der Waals surface area (Å²) in [5.74, 6) is -0.200. The quantitative estimate of drug-likeness (QED) is 0.235. The van der Waals surface area contributed by atoms with Gasteiger partial charge in [0, 0.05) is 18.2 Å². The number of rotatable bonds is 10. The van der Waals surface area contributed by atoms with Gasteiger partial charge in [0.05, 0.1) is 34.4 Å². The molecule has 1 aliphatic heterocycles. The summed E-state index contributed by atoms with van der Waals surface area (Å²) in [5.41, 5.74) is 3.43. The van der Waals surface area contributed by atoms with Gasteiger partial charge in [-0.15, -0.1) is 6.58 Å². The van der Waals surface area contributed by atoms with Gasteiger partial charge < -0.3 is 14.6 Å². The maximum Gasteiger partial charge on any atom is 0.335 e. The molecular formula is C31H27N3O5S. The summed E-state index contributed by atoms with van der Waals surface area (Å²) in [6, 6.07) is 19.4. The predicted molar refractivity (Wildman–Crippen MR) is 156 cm³/mol. The second-order valence-corrected chi connectivity index (χ2v) is 9.72. The Bertz CT molecular complexity index is 1570. The van der Waals surface area contributed by atoms with E-state index in [0.717, 1.165) is 16.7 Å². The number of nitriles is 1. The second kappa shape index (κ2) is 12.8. The molecule has 0 bridgehead atoms. The number of carbonyl (C=O) groups excluding carboxylic acids is 1. The van der Waals surface area contributed by atoms with Crippen LogP contribution in [-0.2, 0) is 17.8 Å². The first-order valence-corrected chi connectivity index (χ1v) is 13.3. The zero-order valence-electron chi connectivity index (χ0n) is 22.1. The summed E-state index contributed by atoms with van der Waals surface area (Å²) in [7, 11) is 1.63. The molecule has 1 aliphatic rings. The number of carboxylic acids is 1. The number of nitrogens with zero attached hydrogens (tertiary/aromatic N) is 3. The molecule has 0 aliphatic carbocycles. The van der Waals surface area contributed by atoms with Crippen LogP contribution in [0.1, 0.15) is 39.5 Å². The van der Waals surface area contributed by atoms with Gasteiger partial charge >= 0.3 is 5.97 Å². The molecule has 1 amide bonds. The van der Waals surface area contributed by atoms with Crippen molar-refractivity contribution in [3.8, 4) is 17.6 Å². The molecule has 0 aromatic heterocycles. The number of hydrogen-bond donors (Lipinski definition) is 1. The number of hydrogen-bond acceptors (Lipinski definition) is 7. The number of amides is 1. The minimum atomic E-state index is -1.05. The molecule has 1 heterocycles. The summed E-state index contributed by atoms with van der Waals surface area (Å²) < 4.78 is 12.1. The Morgan fingerprint density at radius 3 is 2.67 bits per heavy atom. The van der Waals surface area contributed by atoms with Crippen LogP contribution < -0.4 is 9.47 Å². The van der Waals surface area contributed by atoms with E-state index in [0.29, 0.717) is 45.9 Å². The fraction of sp³-hybridized carbons (Fsp3) is 0.161. The topological polar surface area (TPSA) is 112 Å². The van der Waals surface area contributed by atoms with Crippen molar-refractivity contribution >= 4 is 40.6 Å². The lowest BCUT2D eigenvalue weighted by molar-refractivity contribution is -0.121. The first-order valence-electron chi connectivity index (χ1n) is 12.5. The second-order valence-electron chi connectivity index (χ2n) is 8.72. The molecule has 4 rings (SSSR count). The zero-order valence-corrected chi connectivity index (χ0v) is 22.9. The molecule has 0 radical (unpaired) electrons. The van der Waals surface area contributed by atoms with Crippen molar-refractivity contribution in [2.75, 3.05) is 13.7 Å². The van der Waals surface area contributed by atoms with E-state index in [1.807, 2.05) is 37.3 Å². The smallest absolute Gasteiger partial charge is 0.335 e. The molecule has 3 aromatic carbocycles. The first-order chi connectivity index (χ1) is 19.3. The van der Waals surface area contributed by atoms with E-state index < -0.39 is 5.97 Å². The number of amidine groups is 1. The minimum absolute atomic E-state index is 0.117. The average Bonchev–Trinajstić information content (AvgIpc) is 3.20. The van der Waals surface area contributed by atoms with Crippen LogP contribution in [0.15, 0.2) is 83.2 Å². The van der Waals surface area contributed by atoms with Crippen molar-refractivity contribution in [2.24, 2.45) is 4.99 Å². The lowest BCUT2D eigenvalue weighted by atomic mass is 10.0. The van der Waals surface area contributed by atoms with Gasteiger partial charge in [-0.1, -0.05) is 30.3 Å². The third-order valence-corrected chi connectivity index (χ3v) is 7.01. The normalized spacial score (nSPS) is 14.8. The number of thioether (sulfide) groups is 1. The minimum Gasteiger partial charge on any atom is -0.490 e. The molecule has 0 spiro atoms. The molecule has 9 heteroatoms. The highest BCUT2D eigenvalue weighted by molar-refractivity contribution is 8.18. The lowest BCUT2D eigenvalue weighted by Gasteiger charge is -2.17. The predicted octanol–water partition coefficient (Wildman–Crippen LogP) is 6.20. The third kappa shape index (κ3) is 6.42. The Balaban J connectivity index is 1.66. The summed E-state index contributed by atoms with van der Waals surface area (Å²) in [6.07, 6.45) is 4.03. The molecule has 1 fully saturated rings. The van der Waals surface area contributed by atoms with Crippen LogP contribution in [0.5, 0.6) is 11.5 Å². The Kier molecular flexibility index (Phi) is 9.04. The molecule has 3 aromatic rings. The van der Waals surface area contributed by atoms with Gasteiger partial charge in [-0.25, -0.2) is 9.79 Å². The van der Waals surface area contributed by atoms with E-state index >= 15 is 0 Å². The average molecular weight is 554 g/mol. The van der Waals surface area contributed by atoms with Crippen molar-refractivity contribution in [3.63, 3.8) is 0 Å². The van der Waals surface area contributed by atoms with Crippen LogP contribution in [-0.4, -0.2) is 40.7 Å². The number of carbonyl (C=O) groups is 2. The number of ether oxygens (including phenoxy) is 2. The van der Waals surface area contributed by atoms with Gasteiger partial charge in [-0.3, -0.25) is 9.69 Å².